The largest absolute Gasteiger partial charge is 0.495 e. The van der Waals surface area contributed by atoms with Crippen molar-refractivity contribution in [1.29, 1.82) is 0 Å². The first-order valence-electron chi connectivity index (χ1n) is 5.34. The van der Waals surface area contributed by atoms with E-state index in [-0.39, 0.29) is 11.2 Å². The molecule has 0 aromatic carbocycles. The Morgan fingerprint density at radius 3 is 2.73 bits per heavy atom. The molecule has 1 aromatic rings. The van der Waals surface area contributed by atoms with Crippen molar-refractivity contribution in [2.75, 3.05) is 7.11 Å². The van der Waals surface area contributed by atoms with E-state index >= 15 is 0 Å². The summed E-state index contributed by atoms with van der Waals surface area (Å²) < 4.78 is 5.20. The van der Waals surface area contributed by atoms with E-state index in [1.807, 2.05) is 11.4 Å². The lowest BCUT2D eigenvalue weighted by Crippen LogP contribution is -2.23. The standard InChI is InChI=1S/C12H16O2S/c1-12(6-3-4-7-12)11(13)10-9(14-2)5-8-15-10/h5,8H,3-4,6-7H2,1-2H3. The second kappa shape index (κ2) is 3.97. The minimum absolute atomic E-state index is 0.141. The average Bonchev–Trinajstić information content (AvgIpc) is 2.85. The van der Waals surface area contributed by atoms with E-state index in [4.69, 9.17) is 4.74 Å². The lowest BCUT2D eigenvalue weighted by atomic mass is 9.83. The van der Waals surface area contributed by atoms with Crippen LogP contribution in [0.5, 0.6) is 5.75 Å². The molecule has 0 aliphatic heterocycles. The van der Waals surface area contributed by atoms with Crippen molar-refractivity contribution in [3.63, 3.8) is 0 Å². The second-order valence-corrected chi connectivity index (χ2v) is 5.33. The molecular formula is C12H16O2S. The minimum Gasteiger partial charge on any atom is -0.495 e. The molecule has 82 valence electrons. The Kier molecular flexibility index (Phi) is 2.83. The molecule has 1 fully saturated rings. The lowest BCUT2D eigenvalue weighted by Gasteiger charge is -2.21. The van der Waals surface area contributed by atoms with Gasteiger partial charge in [-0.15, -0.1) is 11.3 Å². The summed E-state index contributed by atoms with van der Waals surface area (Å²) in [5, 5.41) is 1.92. The van der Waals surface area contributed by atoms with Gasteiger partial charge in [0.05, 0.1) is 7.11 Å². The van der Waals surface area contributed by atoms with Gasteiger partial charge in [0.1, 0.15) is 10.6 Å². The molecule has 0 saturated heterocycles. The molecule has 0 atom stereocenters. The first-order chi connectivity index (χ1) is 7.17. The predicted octanol–water partition coefficient (Wildman–Crippen LogP) is 3.52. The monoisotopic (exact) mass is 224 g/mol. The number of rotatable bonds is 3. The Bertz CT molecular complexity index is 361. The summed E-state index contributed by atoms with van der Waals surface area (Å²) in [6.07, 6.45) is 4.39. The molecule has 1 aliphatic carbocycles. The van der Waals surface area contributed by atoms with Gasteiger partial charge in [-0.1, -0.05) is 19.8 Å². The van der Waals surface area contributed by atoms with Crippen LogP contribution in [-0.2, 0) is 0 Å². The van der Waals surface area contributed by atoms with Gasteiger partial charge in [0.2, 0.25) is 0 Å². The van der Waals surface area contributed by atoms with Crippen molar-refractivity contribution in [3.8, 4) is 5.75 Å². The summed E-state index contributed by atoms with van der Waals surface area (Å²) in [7, 11) is 1.62. The summed E-state index contributed by atoms with van der Waals surface area (Å²) >= 11 is 1.49. The molecule has 0 N–H and O–H groups in total. The zero-order valence-electron chi connectivity index (χ0n) is 9.21. The summed E-state index contributed by atoms with van der Waals surface area (Å²) in [4.78, 5) is 13.1. The molecule has 0 spiro atoms. The fourth-order valence-electron chi connectivity index (χ4n) is 2.28. The molecule has 1 aliphatic rings. The van der Waals surface area contributed by atoms with Crippen molar-refractivity contribution in [2.45, 2.75) is 32.6 Å². The van der Waals surface area contributed by atoms with Gasteiger partial charge < -0.3 is 4.74 Å². The summed E-state index contributed by atoms with van der Waals surface area (Å²) in [6, 6.07) is 1.87. The van der Waals surface area contributed by atoms with Crippen LogP contribution < -0.4 is 4.74 Å². The van der Waals surface area contributed by atoms with Crippen LogP contribution in [0.1, 0.15) is 42.3 Å². The van der Waals surface area contributed by atoms with Crippen LogP contribution in [0.15, 0.2) is 11.4 Å². The Morgan fingerprint density at radius 1 is 1.47 bits per heavy atom. The van der Waals surface area contributed by atoms with Gasteiger partial charge in [0.25, 0.3) is 0 Å². The molecule has 2 rings (SSSR count). The van der Waals surface area contributed by atoms with E-state index < -0.39 is 0 Å². The van der Waals surface area contributed by atoms with Gasteiger partial charge in [-0.05, 0) is 24.3 Å². The fourth-order valence-corrected chi connectivity index (χ4v) is 3.23. The number of methoxy groups -OCH3 is 1. The first-order valence-corrected chi connectivity index (χ1v) is 6.22. The zero-order chi connectivity index (χ0) is 10.9. The third kappa shape index (κ3) is 1.81. The van der Waals surface area contributed by atoms with Gasteiger partial charge in [0.15, 0.2) is 5.78 Å². The van der Waals surface area contributed by atoms with Gasteiger partial charge in [-0.25, -0.2) is 0 Å². The molecule has 0 radical (unpaired) electrons. The van der Waals surface area contributed by atoms with Gasteiger partial charge in [0, 0.05) is 5.41 Å². The van der Waals surface area contributed by atoms with Crippen LogP contribution in [0.2, 0.25) is 0 Å². The van der Waals surface area contributed by atoms with Gasteiger partial charge >= 0.3 is 0 Å². The van der Waals surface area contributed by atoms with Crippen LogP contribution in [-0.4, -0.2) is 12.9 Å². The van der Waals surface area contributed by atoms with Crippen LogP contribution >= 0.6 is 11.3 Å². The highest BCUT2D eigenvalue weighted by atomic mass is 32.1. The molecule has 0 bridgehead atoms. The van der Waals surface area contributed by atoms with E-state index in [9.17, 15) is 4.79 Å². The molecule has 1 heterocycles. The average molecular weight is 224 g/mol. The van der Waals surface area contributed by atoms with E-state index in [2.05, 4.69) is 6.92 Å². The first kappa shape index (κ1) is 10.7. The number of Topliss-reactive ketones (excluding diaryl/α,β-unsaturated/α-hetero) is 1. The highest BCUT2D eigenvalue weighted by Gasteiger charge is 2.38. The maximum atomic E-state index is 12.3. The Labute approximate surface area is 94.3 Å². The Morgan fingerprint density at radius 2 is 2.13 bits per heavy atom. The quantitative estimate of drug-likeness (QED) is 0.734. The fraction of sp³-hybridized carbons (Fsp3) is 0.583. The highest BCUT2D eigenvalue weighted by molar-refractivity contribution is 7.12. The maximum absolute atomic E-state index is 12.3. The Hall–Kier alpha value is -0.830. The number of hydrogen-bond donors (Lipinski definition) is 0. The van der Waals surface area contributed by atoms with E-state index in [1.165, 1.54) is 24.2 Å². The van der Waals surface area contributed by atoms with Crippen molar-refractivity contribution in [3.05, 3.63) is 16.3 Å². The number of ketones is 1. The van der Waals surface area contributed by atoms with Crippen molar-refractivity contribution >= 4 is 17.1 Å². The Balaban J connectivity index is 2.27. The summed E-state index contributed by atoms with van der Waals surface area (Å²) in [5.74, 6) is 1.00. The number of ether oxygens (including phenoxy) is 1. The number of thiophene rings is 1. The third-order valence-corrected chi connectivity index (χ3v) is 4.20. The molecule has 0 amide bonds. The molecule has 3 heteroatoms. The van der Waals surface area contributed by atoms with Crippen LogP contribution in [0.4, 0.5) is 0 Å². The SMILES string of the molecule is COc1ccsc1C(=O)C1(C)CCCC1. The topological polar surface area (TPSA) is 26.3 Å². The molecule has 2 nitrogen and oxygen atoms in total. The third-order valence-electron chi connectivity index (χ3n) is 3.31. The maximum Gasteiger partial charge on any atom is 0.182 e. The normalized spacial score (nSPS) is 19.1. The van der Waals surface area contributed by atoms with Crippen molar-refractivity contribution in [1.82, 2.24) is 0 Å². The van der Waals surface area contributed by atoms with Crippen LogP contribution in [0, 0.1) is 5.41 Å². The van der Waals surface area contributed by atoms with Crippen molar-refractivity contribution in [2.24, 2.45) is 5.41 Å². The molecule has 0 unspecified atom stereocenters. The molecule has 15 heavy (non-hydrogen) atoms. The molecule has 1 saturated carbocycles. The van der Waals surface area contributed by atoms with E-state index in [0.29, 0.717) is 0 Å². The lowest BCUT2D eigenvalue weighted by molar-refractivity contribution is 0.0825. The van der Waals surface area contributed by atoms with E-state index in [1.54, 1.807) is 7.11 Å². The number of carbonyl (C=O) groups excluding carboxylic acids is 1. The van der Waals surface area contributed by atoms with Gasteiger partial charge in [-0.3, -0.25) is 4.79 Å². The second-order valence-electron chi connectivity index (χ2n) is 4.41. The zero-order valence-corrected chi connectivity index (χ0v) is 10.0. The molecular weight excluding hydrogens is 208 g/mol. The predicted molar refractivity (Wildman–Crippen MR) is 61.8 cm³/mol. The van der Waals surface area contributed by atoms with Crippen molar-refractivity contribution < 1.29 is 9.53 Å². The minimum atomic E-state index is -0.141. The summed E-state index contributed by atoms with van der Waals surface area (Å²) in [5.41, 5.74) is -0.141. The van der Waals surface area contributed by atoms with Crippen LogP contribution in [0.3, 0.4) is 0 Å². The van der Waals surface area contributed by atoms with Gasteiger partial charge in [-0.2, -0.15) is 0 Å². The number of carbonyl (C=O) groups is 1. The van der Waals surface area contributed by atoms with E-state index in [0.717, 1.165) is 23.5 Å². The smallest absolute Gasteiger partial charge is 0.182 e. The molecule has 1 aromatic heterocycles. The number of hydrogen-bond acceptors (Lipinski definition) is 3. The summed E-state index contributed by atoms with van der Waals surface area (Å²) in [6.45, 7) is 2.08. The highest BCUT2D eigenvalue weighted by Crippen LogP contribution is 2.42. The van der Waals surface area contributed by atoms with Crippen LogP contribution in [0.25, 0.3) is 0 Å².